The highest BCUT2D eigenvalue weighted by Crippen LogP contribution is 2.26. The third-order valence-corrected chi connectivity index (χ3v) is 4.26. The molecule has 1 aliphatic rings. The van der Waals surface area contributed by atoms with E-state index in [1.54, 1.807) is 0 Å². The topological polar surface area (TPSA) is 32.3 Å². The van der Waals surface area contributed by atoms with Gasteiger partial charge < -0.3 is 10.4 Å². The van der Waals surface area contributed by atoms with E-state index >= 15 is 0 Å². The fourth-order valence-corrected chi connectivity index (χ4v) is 2.98. The number of hydrogen-bond acceptors (Lipinski definition) is 2. The zero-order valence-corrected chi connectivity index (χ0v) is 12.4. The van der Waals surface area contributed by atoms with E-state index in [2.05, 4.69) is 38.2 Å². The van der Waals surface area contributed by atoms with Crippen LogP contribution in [-0.4, -0.2) is 17.2 Å². The third-order valence-electron chi connectivity index (χ3n) is 4.26. The average molecular weight is 261 g/mol. The van der Waals surface area contributed by atoms with Gasteiger partial charge in [-0.3, -0.25) is 0 Å². The van der Waals surface area contributed by atoms with Crippen molar-refractivity contribution in [2.24, 2.45) is 5.92 Å². The highest BCUT2D eigenvalue weighted by atomic mass is 16.3. The minimum absolute atomic E-state index is 0.144. The Kier molecular flexibility index (Phi) is 5.00. The molecule has 1 saturated carbocycles. The SMILES string of the molecule is Cc1ccc(C(O)C(NC2CCCC2)C(C)C)cc1. The molecule has 2 atom stereocenters. The number of aliphatic hydroxyl groups excluding tert-OH is 1. The van der Waals surface area contributed by atoms with Crippen LogP contribution in [0.15, 0.2) is 24.3 Å². The van der Waals surface area contributed by atoms with E-state index in [9.17, 15) is 5.11 Å². The summed E-state index contributed by atoms with van der Waals surface area (Å²) in [4.78, 5) is 0. The van der Waals surface area contributed by atoms with Gasteiger partial charge in [-0.2, -0.15) is 0 Å². The number of rotatable bonds is 5. The lowest BCUT2D eigenvalue weighted by Crippen LogP contribution is -2.44. The molecule has 0 saturated heterocycles. The Labute approximate surface area is 117 Å². The number of hydrogen-bond donors (Lipinski definition) is 2. The summed E-state index contributed by atoms with van der Waals surface area (Å²) >= 11 is 0. The van der Waals surface area contributed by atoms with Crippen LogP contribution >= 0.6 is 0 Å². The van der Waals surface area contributed by atoms with E-state index < -0.39 is 6.10 Å². The molecule has 1 aromatic rings. The molecule has 2 rings (SSSR count). The fourth-order valence-electron chi connectivity index (χ4n) is 2.98. The average Bonchev–Trinajstić information content (AvgIpc) is 2.88. The molecule has 0 aliphatic heterocycles. The Morgan fingerprint density at radius 2 is 1.68 bits per heavy atom. The lowest BCUT2D eigenvalue weighted by Gasteiger charge is -2.31. The molecule has 2 heteroatoms. The summed E-state index contributed by atoms with van der Waals surface area (Å²) in [6.45, 7) is 6.45. The van der Waals surface area contributed by atoms with Gasteiger partial charge in [-0.15, -0.1) is 0 Å². The molecule has 2 N–H and O–H groups in total. The smallest absolute Gasteiger partial charge is 0.0945 e. The summed E-state index contributed by atoms with van der Waals surface area (Å²) in [6.07, 6.45) is 4.74. The quantitative estimate of drug-likeness (QED) is 0.849. The van der Waals surface area contributed by atoms with Crippen molar-refractivity contribution in [1.82, 2.24) is 5.32 Å². The second-order valence-electron chi connectivity index (χ2n) is 6.27. The van der Waals surface area contributed by atoms with Crippen molar-refractivity contribution in [3.63, 3.8) is 0 Å². The van der Waals surface area contributed by atoms with Gasteiger partial charge in [0.2, 0.25) is 0 Å². The number of aliphatic hydroxyl groups is 1. The molecule has 0 amide bonds. The Morgan fingerprint density at radius 3 is 2.21 bits per heavy atom. The molecule has 1 aromatic carbocycles. The van der Waals surface area contributed by atoms with Crippen molar-refractivity contribution >= 4 is 0 Å². The van der Waals surface area contributed by atoms with Crippen LogP contribution in [0.2, 0.25) is 0 Å². The second kappa shape index (κ2) is 6.53. The first-order chi connectivity index (χ1) is 9.08. The predicted octanol–water partition coefficient (Wildman–Crippen LogP) is 3.59. The molecule has 1 aliphatic carbocycles. The van der Waals surface area contributed by atoms with E-state index in [4.69, 9.17) is 0 Å². The standard InChI is InChI=1S/C17H27NO/c1-12(2)16(18-15-6-4-5-7-15)17(19)14-10-8-13(3)9-11-14/h8-12,15-19H,4-7H2,1-3H3. The van der Waals surface area contributed by atoms with Crippen LogP contribution in [0, 0.1) is 12.8 Å². The summed E-state index contributed by atoms with van der Waals surface area (Å²) in [7, 11) is 0. The first-order valence-corrected chi connectivity index (χ1v) is 7.58. The van der Waals surface area contributed by atoms with E-state index in [0.29, 0.717) is 12.0 Å². The fraction of sp³-hybridized carbons (Fsp3) is 0.647. The summed E-state index contributed by atoms with van der Waals surface area (Å²) < 4.78 is 0. The molecule has 0 spiro atoms. The molecular formula is C17H27NO. The van der Waals surface area contributed by atoms with Gasteiger partial charge in [-0.1, -0.05) is 56.5 Å². The molecule has 1 fully saturated rings. The molecule has 0 radical (unpaired) electrons. The van der Waals surface area contributed by atoms with Gasteiger partial charge in [0.05, 0.1) is 6.10 Å². The van der Waals surface area contributed by atoms with Crippen LogP contribution in [0.3, 0.4) is 0 Å². The number of nitrogens with one attached hydrogen (secondary N) is 1. The van der Waals surface area contributed by atoms with Gasteiger partial charge in [0.15, 0.2) is 0 Å². The Morgan fingerprint density at radius 1 is 1.11 bits per heavy atom. The number of aryl methyl sites for hydroxylation is 1. The maximum Gasteiger partial charge on any atom is 0.0945 e. The van der Waals surface area contributed by atoms with Crippen LogP contribution in [0.25, 0.3) is 0 Å². The lowest BCUT2D eigenvalue weighted by molar-refractivity contribution is 0.0980. The maximum atomic E-state index is 10.6. The molecule has 0 heterocycles. The second-order valence-corrected chi connectivity index (χ2v) is 6.27. The van der Waals surface area contributed by atoms with E-state index in [-0.39, 0.29) is 6.04 Å². The number of benzene rings is 1. The van der Waals surface area contributed by atoms with Crippen LogP contribution in [-0.2, 0) is 0 Å². The van der Waals surface area contributed by atoms with Crippen LogP contribution in [0.5, 0.6) is 0 Å². The summed E-state index contributed by atoms with van der Waals surface area (Å²) in [5.74, 6) is 0.428. The van der Waals surface area contributed by atoms with Crippen molar-refractivity contribution in [2.75, 3.05) is 0 Å². The van der Waals surface area contributed by atoms with Gasteiger partial charge in [0.1, 0.15) is 0 Å². The van der Waals surface area contributed by atoms with Gasteiger partial charge in [0, 0.05) is 12.1 Å². The molecule has 0 bridgehead atoms. The molecular weight excluding hydrogens is 234 g/mol. The van der Waals surface area contributed by atoms with Gasteiger partial charge in [-0.05, 0) is 31.2 Å². The molecule has 0 aromatic heterocycles. The Balaban J connectivity index is 2.06. The molecule has 2 unspecified atom stereocenters. The van der Waals surface area contributed by atoms with Crippen molar-refractivity contribution in [3.05, 3.63) is 35.4 Å². The summed E-state index contributed by atoms with van der Waals surface area (Å²) in [5, 5.41) is 14.3. The normalized spacial score (nSPS) is 19.8. The van der Waals surface area contributed by atoms with Crippen molar-refractivity contribution in [1.29, 1.82) is 0 Å². The van der Waals surface area contributed by atoms with Gasteiger partial charge in [-0.25, -0.2) is 0 Å². The highest BCUT2D eigenvalue weighted by Gasteiger charge is 2.27. The minimum atomic E-state index is -0.416. The first-order valence-electron chi connectivity index (χ1n) is 7.58. The lowest BCUT2D eigenvalue weighted by atomic mass is 9.92. The van der Waals surface area contributed by atoms with E-state index in [1.165, 1.54) is 31.2 Å². The first kappa shape index (κ1) is 14.5. The summed E-state index contributed by atoms with van der Waals surface area (Å²) in [6, 6.07) is 8.98. The van der Waals surface area contributed by atoms with Crippen LogP contribution < -0.4 is 5.32 Å². The monoisotopic (exact) mass is 261 g/mol. The van der Waals surface area contributed by atoms with Crippen LogP contribution in [0.4, 0.5) is 0 Å². The van der Waals surface area contributed by atoms with E-state index in [1.807, 2.05) is 12.1 Å². The van der Waals surface area contributed by atoms with Crippen molar-refractivity contribution < 1.29 is 5.11 Å². The Hall–Kier alpha value is -0.860. The molecule has 106 valence electrons. The zero-order chi connectivity index (χ0) is 13.8. The third kappa shape index (κ3) is 3.80. The Bertz CT molecular complexity index is 379. The molecule has 19 heavy (non-hydrogen) atoms. The van der Waals surface area contributed by atoms with Gasteiger partial charge >= 0.3 is 0 Å². The summed E-state index contributed by atoms with van der Waals surface area (Å²) in [5.41, 5.74) is 2.26. The van der Waals surface area contributed by atoms with Crippen molar-refractivity contribution in [2.45, 2.75) is 64.6 Å². The largest absolute Gasteiger partial charge is 0.387 e. The highest BCUT2D eigenvalue weighted by molar-refractivity contribution is 5.24. The minimum Gasteiger partial charge on any atom is -0.387 e. The van der Waals surface area contributed by atoms with E-state index in [0.717, 1.165) is 5.56 Å². The van der Waals surface area contributed by atoms with Crippen molar-refractivity contribution in [3.8, 4) is 0 Å². The predicted molar refractivity (Wildman–Crippen MR) is 80.2 cm³/mol. The zero-order valence-electron chi connectivity index (χ0n) is 12.4. The van der Waals surface area contributed by atoms with Crippen LogP contribution in [0.1, 0.15) is 56.8 Å². The maximum absolute atomic E-state index is 10.6. The van der Waals surface area contributed by atoms with Gasteiger partial charge in [0.25, 0.3) is 0 Å². The molecule has 2 nitrogen and oxygen atoms in total.